The Labute approximate surface area is 235 Å². The number of hydrogen-bond acceptors (Lipinski definition) is 9. The molecule has 4 aliphatic rings. The van der Waals surface area contributed by atoms with Crippen LogP contribution in [0.5, 0.6) is 0 Å². The minimum Gasteiger partial charge on any atom is -0.492 e. The van der Waals surface area contributed by atoms with E-state index in [1.54, 1.807) is 11.5 Å². The number of benzene rings is 1. The van der Waals surface area contributed by atoms with E-state index in [1.807, 2.05) is 38.1 Å². The van der Waals surface area contributed by atoms with Crippen LogP contribution < -0.4 is 16.3 Å². The Bertz CT molecular complexity index is 1290. The lowest BCUT2D eigenvalue weighted by Crippen LogP contribution is -2.41. The molecule has 1 fully saturated rings. The topological polar surface area (TPSA) is 129 Å². The molecule has 0 bridgehead atoms. The molecule has 2 unspecified atom stereocenters. The standard InChI is InChI=1S/C30H38N8O2/c1-19(2)26(32)15-28(39)35-23-9-7-22(8-10-23)30-25(16-31)29-20(3)4-11-24(40-13-12-38-34-18-33-36-38)14-27(29)37(30)17-21-5-6-21/h7-11,14,18-21,29,32,36H,4-6,12-13,15,17H2,1-3H3,(H,33,34)(H,35,39). The van der Waals surface area contributed by atoms with Crippen molar-refractivity contribution in [1.82, 2.24) is 21.0 Å². The van der Waals surface area contributed by atoms with Gasteiger partial charge in [0.05, 0.1) is 30.3 Å². The third-order valence-corrected chi connectivity index (χ3v) is 7.80. The number of carbonyl (C=O) groups is 1. The number of anilines is 1. The molecule has 0 spiro atoms. The van der Waals surface area contributed by atoms with Gasteiger partial charge in [0.15, 0.2) is 0 Å². The highest BCUT2D eigenvalue weighted by atomic mass is 16.5. The Balaban J connectivity index is 1.37. The van der Waals surface area contributed by atoms with Gasteiger partial charge < -0.3 is 20.4 Å². The summed E-state index contributed by atoms with van der Waals surface area (Å²) in [6.45, 7) is 8.00. The van der Waals surface area contributed by atoms with E-state index in [1.165, 1.54) is 12.8 Å². The Morgan fingerprint density at radius 1 is 1.30 bits per heavy atom. The van der Waals surface area contributed by atoms with Crippen molar-refractivity contribution >= 4 is 29.3 Å². The summed E-state index contributed by atoms with van der Waals surface area (Å²) in [5.41, 5.74) is 10.8. The molecule has 4 N–H and O–H groups in total. The third kappa shape index (κ3) is 6.20. The molecule has 0 radical (unpaired) electrons. The lowest BCUT2D eigenvalue weighted by molar-refractivity contribution is -0.115. The van der Waals surface area contributed by atoms with Gasteiger partial charge in [0, 0.05) is 29.6 Å². The zero-order valence-electron chi connectivity index (χ0n) is 23.4. The molecule has 2 aliphatic heterocycles. The zero-order chi connectivity index (χ0) is 28.2. The number of hydrazine groups is 2. The summed E-state index contributed by atoms with van der Waals surface area (Å²) < 4.78 is 6.18. The maximum absolute atomic E-state index is 12.4. The van der Waals surface area contributed by atoms with Crippen molar-refractivity contribution in [2.75, 3.05) is 25.0 Å². The van der Waals surface area contributed by atoms with Gasteiger partial charge in [-0.25, -0.2) is 5.53 Å². The first kappa shape index (κ1) is 27.5. The monoisotopic (exact) mass is 542 g/mol. The van der Waals surface area contributed by atoms with Gasteiger partial charge in [0.1, 0.15) is 18.7 Å². The number of ether oxygens (including phenoxy) is 1. The van der Waals surface area contributed by atoms with Crippen LogP contribution in [0, 0.1) is 40.4 Å². The van der Waals surface area contributed by atoms with E-state index in [2.05, 4.69) is 51.4 Å². The number of amides is 1. The van der Waals surface area contributed by atoms with Gasteiger partial charge in [-0.15, -0.1) is 5.12 Å². The maximum atomic E-state index is 12.4. The summed E-state index contributed by atoms with van der Waals surface area (Å²) in [7, 11) is 0. The van der Waals surface area contributed by atoms with Gasteiger partial charge in [0.2, 0.25) is 5.91 Å². The van der Waals surface area contributed by atoms with Gasteiger partial charge in [-0.05, 0) is 66.9 Å². The van der Waals surface area contributed by atoms with E-state index < -0.39 is 0 Å². The summed E-state index contributed by atoms with van der Waals surface area (Å²) in [4.78, 5) is 14.8. The molecule has 210 valence electrons. The smallest absolute Gasteiger partial charge is 0.230 e. The molecule has 2 aliphatic carbocycles. The summed E-state index contributed by atoms with van der Waals surface area (Å²) in [5, 5.41) is 27.0. The fourth-order valence-corrected chi connectivity index (χ4v) is 5.30. The number of fused-ring (bicyclic) bond motifs is 1. The van der Waals surface area contributed by atoms with E-state index >= 15 is 0 Å². The first-order valence-corrected chi connectivity index (χ1v) is 14.1. The highest BCUT2D eigenvalue weighted by Crippen LogP contribution is 2.49. The molecule has 10 heteroatoms. The molecule has 1 saturated carbocycles. The average Bonchev–Trinajstić information content (AvgIpc) is 3.54. The van der Waals surface area contributed by atoms with Gasteiger partial charge >= 0.3 is 0 Å². The summed E-state index contributed by atoms with van der Waals surface area (Å²) in [6, 6.07) is 10.3. The minimum absolute atomic E-state index is 0.00663. The number of nitrogens with zero attached hydrogens (tertiary/aromatic N) is 4. The van der Waals surface area contributed by atoms with E-state index in [9.17, 15) is 10.1 Å². The van der Waals surface area contributed by atoms with Crippen LogP contribution in [0.2, 0.25) is 0 Å². The highest BCUT2D eigenvalue weighted by molar-refractivity contribution is 6.05. The average molecular weight is 543 g/mol. The molecule has 1 aromatic carbocycles. The first-order valence-electron chi connectivity index (χ1n) is 14.1. The number of nitrogens with one attached hydrogen (secondary N) is 4. The Morgan fingerprint density at radius 2 is 2.08 bits per heavy atom. The highest BCUT2D eigenvalue weighted by Gasteiger charge is 2.42. The maximum Gasteiger partial charge on any atom is 0.230 e. The van der Waals surface area contributed by atoms with Gasteiger partial charge in [-0.1, -0.05) is 32.9 Å². The largest absolute Gasteiger partial charge is 0.492 e. The number of nitriles is 1. The number of carbonyl (C=O) groups excluding carboxylic acids is 1. The molecule has 2 atom stereocenters. The number of hydrazone groups is 1. The molecule has 0 saturated heterocycles. The number of hydrogen-bond donors (Lipinski definition) is 4. The van der Waals surface area contributed by atoms with Crippen molar-refractivity contribution in [2.24, 2.45) is 28.8 Å². The Hall–Kier alpha value is -4.10. The predicted molar refractivity (Wildman–Crippen MR) is 155 cm³/mol. The van der Waals surface area contributed by atoms with Crippen LogP contribution in [0.1, 0.15) is 52.0 Å². The number of rotatable bonds is 11. The van der Waals surface area contributed by atoms with Crippen LogP contribution in [-0.2, 0) is 9.53 Å². The second-order valence-corrected chi connectivity index (χ2v) is 11.3. The van der Waals surface area contributed by atoms with Crippen molar-refractivity contribution in [2.45, 2.75) is 46.5 Å². The molecule has 10 nitrogen and oxygen atoms in total. The first-order chi connectivity index (χ1) is 19.3. The minimum atomic E-state index is -0.191. The molecule has 1 aromatic rings. The van der Waals surface area contributed by atoms with Crippen molar-refractivity contribution in [3.63, 3.8) is 0 Å². The summed E-state index contributed by atoms with van der Waals surface area (Å²) in [6.07, 6.45) is 9.15. The molecular weight excluding hydrogens is 504 g/mol. The molecule has 1 amide bonds. The molecule has 40 heavy (non-hydrogen) atoms. The van der Waals surface area contributed by atoms with Crippen LogP contribution in [0.3, 0.4) is 0 Å². The quantitative estimate of drug-likeness (QED) is 0.306. The van der Waals surface area contributed by atoms with E-state index in [0.29, 0.717) is 30.5 Å². The van der Waals surface area contributed by atoms with E-state index in [0.717, 1.165) is 41.3 Å². The fraction of sp³-hybridized carbons (Fsp3) is 0.467. The summed E-state index contributed by atoms with van der Waals surface area (Å²) in [5.74, 6) is 1.53. The number of allylic oxidation sites excluding steroid dienone is 3. The fourth-order valence-electron chi connectivity index (χ4n) is 5.30. The summed E-state index contributed by atoms with van der Waals surface area (Å²) >= 11 is 0. The lowest BCUT2D eigenvalue weighted by atomic mass is 9.85. The second kappa shape index (κ2) is 12.0. The van der Waals surface area contributed by atoms with Crippen molar-refractivity contribution in [3.8, 4) is 6.07 Å². The van der Waals surface area contributed by atoms with Crippen molar-refractivity contribution < 1.29 is 9.53 Å². The van der Waals surface area contributed by atoms with Crippen LogP contribution in [0.25, 0.3) is 5.70 Å². The molecular formula is C30H38N8O2. The van der Waals surface area contributed by atoms with Crippen LogP contribution in [0.4, 0.5) is 5.69 Å². The lowest BCUT2D eigenvalue weighted by Gasteiger charge is -2.27. The van der Waals surface area contributed by atoms with Crippen molar-refractivity contribution in [1.29, 1.82) is 10.7 Å². The predicted octanol–water partition coefficient (Wildman–Crippen LogP) is 4.36. The second-order valence-electron chi connectivity index (χ2n) is 11.3. The van der Waals surface area contributed by atoms with Crippen molar-refractivity contribution in [3.05, 3.63) is 59.0 Å². The Morgan fingerprint density at radius 3 is 2.73 bits per heavy atom. The molecule has 5 rings (SSSR count). The van der Waals surface area contributed by atoms with Gasteiger partial charge in [0.25, 0.3) is 0 Å². The van der Waals surface area contributed by atoms with E-state index in [4.69, 9.17) is 10.1 Å². The SMILES string of the molecule is CC(C)C(=N)CC(=O)Nc1ccc(C2=C(C#N)C3C(=CC(OCCN4NC=NN4)=CCC3C)N2CC2CC2)cc1. The van der Waals surface area contributed by atoms with Gasteiger partial charge in [-0.2, -0.15) is 10.4 Å². The van der Waals surface area contributed by atoms with Crippen LogP contribution in [-0.4, -0.2) is 47.7 Å². The normalized spacial score (nSPS) is 22.1. The van der Waals surface area contributed by atoms with E-state index in [-0.39, 0.29) is 30.1 Å². The Kier molecular flexibility index (Phi) is 8.21. The van der Waals surface area contributed by atoms with Gasteiger partial charge in [-0.3, -0.25) is 10.2 Å². The zero-order valence-corrected chi connectivity index (χ0v) is 23.4. The third-order valence-electron chi connectivity index (χ3n) is 7.80. The van der Waals surface area contributed by atoms with Crippen LogP contribution >= 0.6 is 0 Å². The van der Waals surface area contributed by atoms with Crippen LogP contribution in [0.15, 0.2) is 58.5 Å². The molecule has 0 aromatic heterocycles. The molecule has 2 heterocycles.